The Morgan fingerprint density at radius 1 is 1.22 bits per heavy atom. The minimum atomic E-state index is 0.131. The summed E-state index contributed by atoms with van der Waals surface area (Å²) in [6.07, 6.45) is 7.85. The predicted octanol–water partition coefficient (Wildman–Crippen LogP) is 2.74. The molecule has 3 heterocycles. The van der Waals surface area contributed by atoms with Crippen LogP contribution in [0.5, 0.6) is 0 Å². The maximum Gasteiger partial charge on any atom is 0.191 e. The van der Waals surface area contributed by atoms with Crippen molar-refractivity contribution < 1.29 is 13.9 Å². The summed E-state index contributed by atoms with van der Waals surface area (Å²) in [6.45, 7) is 7.84. The Kier molecular flexibility index (Phi) is 5.74. The Morgan fingerprint density at radius 3 is 2.93 bits per heavy atom. The zero-order valence-electron chi connectivity index (χ0n) is 16.6. The number of hydrogen-bond donors (Lipinski definition) is 2. The fourth-order valence-electron chi connectivity index (χ4n) is 4.82. The third-order valence-corrected chi connectivity index (χ3v) is 6.36. The molecular weight excluding hydrogens is 342 g/mol. The maximum absolute atomic E-state index is 5.93. The van der Waals surface area contributed by atoms with Gasteiger partial charge in [0.1, 0.15) is 5.76 Å². The molecule has 0 amide bonds. The average molecular weight is 376 g/mol. The van der Waals surface area contributed by atoms with Crippen molar-refractivity contribution >= 4 is 5.96 Å². The van der Waals surface area contributed by atoms with Crippen molar-refractivity contribution in [1.82, 2.24) is 10.6 Å². The van der Waals surface area contributed by atoms with E-state index in [2.05, 4.69) is 24.5 Å². The molecule has 4 unspecified atom stereocenters. The van der Waals surface area contributed by atoms with Crippen molar-refractivity contribution in [1.29, 1.82) is 0 Å². The normalized spacial score (nSPS) is 32.6. The van der Waals surface area contributed by atoms with Crippen molar-refractivity contribution in [2.75, 3.05) is 26.3 Å². The molecule has 2 saturated heterocycles. The van der Waals surface area contributed by atoms with Crippen LogP contribution in [0.1, 0.15) is 45.3 Å². The average Bonchev–Trinajstić information content (AvgIpc) is 3.35. The van der Waals surface area contributed by atoms with Gasteiger partial charge < -0.3 is 24.5 Å². The van der Waals surface area contributed by atoms with Gasteiger partial charge in [0.25, 0.3) is 0 Å². The smallest absolute Gasteiger partial charge is 0.191 e. The van der Waals surface area contributed by atoms with Crippen LogP contribution in [0.4, 0.5) is 0 Å². The third kappa shape index (κ3) is 4.16. The molecular formula is C21H33N3O3. The van der Waals surface area contributed by atoms with Gasteiger partial charge in [-0.05, 0) is 37.8 Å². The van der Waals surface area contributed by atoms with Crippen LogP contribution in [-0.4, -0.2) is 50.5 Å². The first-order valence-electron chi connectivity index (χ1n) is 10.4. The summed E-state index contributed by atoms with van der Waals surface area (Å²) < 4.78 is 17.2. The molecule has 0 radical (unpaired) electrons. The molecule has 1 aromatic heterocycles. The van der Waals surface area contributed by atoms with Gasteiger partial charge in [-0.15, -0.1) is 0 Å². The molecule has 0 bridgehead atoms. The third-order valence-electron chi connectivity index (χ3n) is 6.36. The van der Waals surface area contributed by atoms with Crippen molar-refractivity contribution in [3.05, 3.63) is 24.2 Å². The summed E-state index contributed by atoms with van der Waals surface area (Å²) in [5, 5.41) is 7.20. The van der Waals surface area contributed by atoms with E-state index in [1.165, 1.54) is 12.8 Å². The molecule has 27 heavy (non-hydrogen) atoms. The zero-order valence-corrected chi connectivity index (χ0v) is 16.6. The zero-order chi connectivity index (χ0) is 18.7. The number of fused-ring (bicyclic) bond motifs is 1. The van der Waals surface area contributed by atoms with E-state index in [1.807, 2.05) is 12.1 Å². The van der Waals surface area contributed by atoms with Crippen LogP contribution < -0.4 is 10.6 Å². The number of ether oxygens (including phenoxy) is 2. The molecule has 1 aliphatic carbocycles. The molecule has 0 aromatic carbocycles. The molecule has 1 saturated carbocycles. The van der Waals surface area contributed by atoms with Gasteiger partial charge >= 0.3 is 0 Å². The fraction of sp³-hybridized carbons (Fsp3) is 0.762. The lowest BCUT2D eigenvalue weighted by molar-refractivity contribution is -0.106. The minimum Gasteiger partial charge on any atom is -0.469 e. The number of rotatable bonds is 6. The molecule has 3 fully saturated rings. The van der Waals surface area contributed by atoms with Crippen LogP contribution in [0.2, 0.25) is 0 Å². The molecule has 4 atom stereocenters. The van der Waals surface area contributed by atoms with E-state index in [0.717, 1.165) is 50.7 Å². The second-order valence-corrected chi connectivity index (χ2v) is 8.62. The first-order valence-corrected chi connectivity index (χ1v) is 10.4. The summed E-state index contributed by atoms with van der Waals surface area (Å²) in [6, 6.07) is 4.34. The van der Waals surface area contributed by atoms with Crippen LogP contribution >= 0.6 is 0 Å². The number of nitrogens with zero attached hydrogens (tertiary/aromatic N) is 1. The van der Waals surface area contributed by atoms with Gasteiger partial charge in [0.2, 0.25) is 0 Å². The first kappa shape index (κ1) is 18.8. The Bertz CT molecular complexity index is 623. The second kappa shape index (κ2) is 8.23. The Balaban J connectivity index is 1.37. The highest BCUT2D eigenvalue weighted by Gasteiger charge is 2.59. The number of furan rings is 1. The highest BCUT2D eigenvalue weighted by Crippen LogP contribution is 2.52. The maximum atomic E-state index is 5.93. The molecule has 6 nitrogen and oxygen atoms in total. The quantitative estimate of drug-likeness (QED) is 0.591. The van der Waals surface area contributed by atoms with Crippen LogP contribution in [-0.2, 0) is 15.9 Å². The van der Waals surface area contributed by atoms with E-state index in [-0.39, 0.29) is 11.5 Å². The van der Waals surface area contributed by atoms with Crippen molar-refractivity contribution in [3.8, 4) is 0 Å². The van der Waals surface area contributed by atoms with Gasteiger partial charge in [-0.25, -0.2) is 0 Å². The van der Waals surface area contributed by atoms with E-state index in [9.17, 15) is 0 Å². The Hall–Kier alpha value is -1.53. The second-order valence-electron chi connectivity index (χ2n) is 8.62. The largest absolute Gasteiger partial charge is 0.469 e. The van der Waals surface area contributed by atoms with E-state index in [0.29, 0.717) is 24.6 Å². The van der Waals surface area contributed by atoms with Crippen molar-refractivity contribution in [3.63, 3.8) is 0 Å². The molecule has 3 aliphatic rings. The molecule has 4 rings (SSSR count). The fourth-order valence-corrected chi connectivity index (χ4v) is 4.82. The van der Waals surface area contributed by atoms with Crippen LogP contribution in [0, 0.1) is 11.3 Å². The molecule has 150 valence electrons. The van der Waals surface area contributed by atoms with Gasteiger partial charge in [-0.3, -0.25) is 4.99 Å². The molecule has 1 aromatic rings. The van der Waals surface area contributed by atoms with Crippen LogP contribution in [0.15, 0.2) is 27.8 Å². The lowest BCUT2D eigenvalue weighted by atomic mass is 9.57. The summed E-state index contributed by atoms with van der Waals surface area (Å²) in [7, 11) is 0. The predicted molar refractivity (Wildman–Crippen MR) is 105 cm³/mol. The number of aliphatic imine (C=N–C) groups is 1. The summed E-state index contributed by atoms with van der Waals surface area (Å²) in [4.78, 5) is 4.87. The Morgan fingerprint density at radius 2 is 2.15 bits per heavy atom. The van der Waals surface area contributed by atoms with Gasteiger partial charge in [0.15, 0.2) is 5.96 Å². The number of hydrogen-bond acceptors (Lipinski definition) is 4. The molecule has 2 N–H and O–H groups in total. The topological polar surface area (TPSA) is 68.0 Å². The molecule has 2 aliphatic heterocycles. The van der Waals surface area contributed by atoms with E-state index in [4.69, 9.17) is 18.9 Å². The van der Waals surface area contributed by atoms with E-state index < -0.39 is 0 Å². The monoisotopic (exact) mass is 375 g/mol. The van der Waals surface area contributed by atoms with Gasteiger partial charge in [0, 0.05) is 43.6 Å². The van der Waals surface area contributed by atoms with E-state index in [1.54, 1.807) is 6.26 Å². The molecule has 0 spiro atoms. The number of guanidine groups is 1. The summed E-state index contributed by atoms with van der Waals surface area (Å²) in [5.41, 5.74) is 0.131. The van der Waals surface area contributed by atoms with Gasteiger partial charge in [0.05, 0.1) is 25.0 Å². The minimum absolute atomic E-state index is 0.131. The lowest BCUT2D eigenvalue weighted by Crippen LogP contribution is -2.68. The lowest BCUT2D eigenvalue weighted by Gasteiger charge is -2.55. The summed E-state index contributed by atoms with van der Waals surface area (Å²) in [5.74, 6) is 2.47. The van der Waals surface area contributed by atoms with Crippen LogP contribution in [0.25, 0.3) is 0 Å². The van der Waals surface area contributed by atoms with Gasteiger partial charge in [-0.1, -0.05) is 13.8 Å². The highest BCUT2D eigenvalue weighted by molar-refractivity contribution is 5.80. The standard InChI is InChI=1S/C21H33N3O3/c1-21(2)18(17-9-13-27-19(17)21)24-20(22-10-8-15-7-5-12-25-15)23-14-16-6-3-4-11-26-16/h5,7,12,16-19H,3-4,6,8-11,13-14H2,1-2H3,(H2,22,23,24). The molecule has 6 heteroatoms. The van der Waals surface area contributed by atoms with E-state index >= 15 is 0 Å². The Labute approximate surface area is 162 Å². The van der Waals surface area contributed by atoms with Gasteiger partial charge in [-0.2, -0.15) is 0 Å². The van der Waals surface area contributed by atoms with Crippen molar-refractivity contribution in [2.45, 2.75) is 64.2 Å². The SMILES string of the molecule is CC1(C)C(NC(=NCC2CCCCO2)NCCc2ccco2)C2CCOC21. The highest BCUT2D eigenvalue weighted by atomic mass is 16.5. The van der Waals surface area contributed by atoms with Crippen LogP contribution in [0.3, 0.4) is 0 Å². The van der Waals surface area contributed by atoms with Crippen molar-refractivity contribution in [2.24, 2.45) is 16.3 Å². The summed E-state index contributed by atoms with van der Waals surface area (Å²) >= 11 is 0. The number of nitrogens with one attached hydrogen (secondary N) is 2. The first-order chi connectivity index (χ1) is 13.1.